The van der Waals surface area contributed by atoms with Gasteiger partial charge < -0.3 is 12.4 Å². The molecule has 0 saturated heterocycles. The molecule has 0 spiro atoms. The van der Waals surface area contributed by atoms with E-state index in [4.69, 9.17) is 0 Å². The van der Waals surface area contributed by atoms with Gasteiger partial charge in [0.25, 0.3) is 0 Å². The average Bonchev–Trinajstić information content (AvgIpc) is 1.69. The molecular weight excluding hydrogens is 228 g/mol. The topological polar surface area (TPSA) is 0 Å². The van der Waals surface area contributed by atoms with Gasteiger partial charge in [-0.2, -0.15) is 0 Å². The van der Waals surface area contributed by atoms with E-state index >= 15 is 0 Å². The SMILES string of the molecule is CCP(C)C.CPC.[Cl-].[Ni]. The molecule has 0 aromatic carbocycles. The molecule has 0 unspecified atom stereocenters. The molecule has 0 aliphatic heterocycles. The summed E-state index contributed by atoms with van der Waals surface area (Å²) in [6.45, 7) is 11.1. The zero-order valence-electron chi connectivity index (χ0n) is 7.35. The molecule has 0 nitrogen and oxygen atoms in total. The summed E-state index contributed by atoms with van der Waals surface area (Å²) in [6.07, 6.45) is 1.37. The molecule has 0 atom stereocenters. The van der Waals surface area contributed by atoms with Gasteiger partial charge in [0.05, 0.1) is 0 Å². The second-order valence-electron chi connectivity index (χ2n) is 1.90. The van der Waals surface area contributed by atoms with Gasteiger partial charge in [-0.3, -0.25) is 0 Å². The molecule has 0 heterocycles. The molecule has 0 fully saturated rings. The largest absolute Gasteiger partial charge is 1.00 e. The predicted octanol–water partition coefficient (Wildman–Crippen LogP) is -0.326. The Labute approximate surface area is 85.2 Å². The van der Waals surface area contributed by atoms with Crippen molar-refractivity contribution in [2.75, 3.05) is 32.8 Å². The van der Waals surface area contributed by atoms with Crippen LogP contribution in [0.15, 0.2) is 0 Å². The van der Waals surface area contributed by atoms with Crippen LogP contribution in [0.25, 0.3) is 0 Å². The van der Waals surface area contributed by atoms with E-state index in [9.17, 15) is 0 Å². The Bertz CT molecular complexity index is 36.9. The Morgan fingerprint density at radius 3 is 1.30 bits per heavy atom. The van der Waals surface area contributed by atoms with Crippen molar-refractivity contribution < 1.29 is 28.9 Å². The van der Waals surface area contributed by atoms with Crippen LogP contribution < -0.4 is 12.4 Å². The molecule has 0 radical (unpaired) electrons. The summed E-state index contributed by atoms with van der Waals surface area (Å²) in [5.41, 5.74) is 0. The minimum absolute atomic E-state index is 0. The first kappa shape index (κ1) is 22.6. The van der Waals surface area contributed by atoms with Crippen LogP contribution in [-0.2, 0) is 16.5 Å². The Morgan fingerprint density at radius 2 is 1.30 bits per heavy atom. The molecule has 0 saturated carbocycles. The first-order valence-electron chi connectivity index (χ1n) is 2.92. The van der Waals surface area contributed by atoms with Crippen molar-refractivity contribution in [3.05, 3.63) is 0 Å². The maximum Gasteiger partial charge on any atom is 0 e. The molecule has 0 aromatic heterocycles. The summed E-state index contributed by atoms with van der Waals surface area (Å²) in [7, 11) is 1.49. The third-order valence-electron chi connectivity index (χ3n) is 0.632. The van der Waals surface area contributed by atoms with Gasteiger partial charge in [0.1, 0.15) is 0 Å². The van der Waals surface area contributed by atoms with Gasteiger partial charge in [-0.15, -0.1) is 16.5 Å². The molecule has 0 aliphatic rings. The fraction of sp³-hybridized carbons (Fsp3) is 1.00. The summed E-state index contributed by atoms with van der Waals surface area (Å²) in [6, 6.07) is 0. The summed E-state index contributed by atoms with van der Waals surface area (Å²) >= 11 is 0. The fourth-order valence-corrected chi connectivity index (χ4v) is 0. The van der Waals surface area contributed by atoms with Gasteiger partial charge in [-0.05, 0) is 32.8 Å². The van der Waals surface area contributed by atoms with E-state index in [2.05, 4.69) is 33.6 Å². The number of hydrogen-bond donors (Lipinski definition) is 0. The van der Waals surface area contributed by atoms with Gasteiger partial charge in [0.15, 0.2) is 0 Å². The second-order valence-corrected chi connectivity index (χ2v) is 5.69. The van der Waals surface area contributed by atoms with E-state index in [0.717, 1.165) is 8.58 Å². The van der Waals surface area contributed by atoms with Crippen LogP contribution in [0, 0.1) is 0 Å². The van der Waals surface area contributed by atoms with E-state index in [0.29, 0.717) is 7.92 Å². The van der Waals surface area contributed by atoms with Crippen molar-refractivity contribution in [2.24, 2.45) is 0 Å². The van der Waals surface area contributed by atoms with E-state index in [1.165, 1.54) is 6.16 Å². The van der Waals surface area contributed by atoms with E-state index < -0.39 is 0 Å². The van der Waals surface area contributed by atoms with E-state index in [-0.39, 0.29) is 28.9 Å². The van der Waals surface area contributed by atoms with Crippen LogP contribution >= 0.6 is 16.5 Å². The van der Waals surface area contributed by atoms with Gasteiger partial charge >= 0.3 is 0 Å². The van der Waals surface area contributed by atoms with Gasteiger partial charge in [-0.1, -0.05) is 6.92 Å². The van der Waals surface area contributed by atoms with Crippen LogP contribution in [0.1, 0.15) is 6.92 Å². The van der Waals surface area contributed by atoms with Gasteiger partial charge in [-0.25, -0.2) is 0 Å². The first-order chi connectivity index (χ1) is 3.68. The monoisotopic (exact) mass is 245 g/mol. The molecule has 0 aliphatic carbocycles. The van der Waals surface area contributed by atoms with Crippen LogP contribution in [-0.4, -0.2) is 32.8 Å². The van der Waals surface area contributed by atoms with Crippen molar-refractivity contribution in [1.29, 1.82) is 0 Å². The zero-order valence-corrected chi connectivity index (χ0v) is 11.0. The Morgan fingerprint density at radius 1 is 1.20 bits per heavy atom. The third kappa shape index (κ3) is 54.3. The van der Waals surface area contributed by atoms with Crippen molar-refractivity contribution in [3.63, 3.8) is 0 Å². The standard InChI is InChI=1S/C4H11P.C2H7P.ClH.Ni/c1-4-5(2)3;1-3-2;;/h4H2,1-3H3;3H,1-2H3;1H;/p-1. The Kier molecular flexibility index (Phi) is 50.6. The molecule has 0 aromatic rings. The predicted molar refractivity (Wildman–Crippen MR) is 49.5 cm³/mol. The Balaban J connectivity index is -0.0000000326. The maximum atomic E-state index is 2.29. The van der Waals surface area contributed by atoms with Crippen molar-refractivity contribution >= 4 is 16.5 Å². The normalized spacial score (nSPS) is 6.60. The third-order valence-corrected chi connectivity index (χ3v) is 1.90. The fourth-order valence-electron chi connectivity index (χ4n) is 0. The summed E-state index contributed by atoms with van der Waals surface area (Å²) in [4.78, 5) is 0. The quantitative estimate of drug-likeness (QED) is 0.439. The smallest absolute Gasteiger partial charge is 0 e. The molecule has 70 valence electrons. The van der Waals surface area contributed by atoms with Gasteiger partial charge in [0.2, 0.25) is 0 Å². The van der Waals surface area contributed by atoms with Crippen LogP contribution in [0.4, 0.5) is 0 Å². The summed E-state index contributed by atoms with van der Waals surface area (Å²) < 4.78 is 0. The van der Waals surface area contributed by atoms with Crippen LogP contribution in [0.2, 0.25) is 0 Å². The van der Waals surface area contributed by atoms with Crippen molar-refractivity contribution in [1.82, 2.24) is 0 Å². The maximum absolute atomic E-state index is 2.29. The number of hydrogen-bond acceptors (Lipinski definition) is 0. The number of halogens is 1. The van der Waals surface area contributed by atoms with E-state index in [1.807, 2.05) is 0 Å². The minimum Gasteiger partial charge on any atom is -1.00 e. The molecular formula is C6H18ClNiP2-. The van der Waals surface area contributed by atoms with Crippen LogP contribution in [0.5, 0.6) is 0 Å². The van der Waals surface area contributed by atoms with Gasteiger partial charge in [0, 0.05) is 16.5 Å². The van der Waals surface area contributed by atoms with Crippen molar-refractivity contribution in [2.45, 2.75) is 6.92 Å². The number of rotatable bonds is 1. The average molecular weight is 246 g/mol. The van der Waals surface area contributed by atoms with Crippen LogP contribution in [0.3, 0.4) is 0 Å². The molecule has 0 rings (SSSR count). The first-order valence-corrected chi connectivity index (χ1v) is 7.34. The molecule has 0 N–H and O–H groups in total. The molecule has 0 amide bonds. The summed E-state index contributed by atoms with van der Waals surface area (Å²) in [5, 5.41) is 0. The molecule has 4 heteroatoms. The van der Waals surface area contributed by atoms with E-state index in [1.54, 1.807) is 0 Å². The minimum atomic E-state index is 0. The molecule has 10 heavy (non-hydrogen) atoms. The second kappa shape index (κ2) is 22.4. The zero-order chi connectivity index (χ0) is 6.99. The summed E-state index contributed by atoms with van der Waals surface area (Å²) in [5.74, 6) is 0. The Hall–Kier alpha value is 1.64. The molecule has 0 bridgehead atoms. The van der Waals surface area contributed by atoms with Crippen molar-refractivity contribution in [3.8, 4) is 0 Å².